The van der Waals surface area contributed by atoms with Crippen LogP contribution in [0.1, 0.15) is 31.6 Å². The molecule has 0 bridgehead atoms. The van der Waals surface area contributed by atoms with Crippen molar-refractivity contribution in [3.05, 3.63) is 33.0 Å². The van der Waals surface area contributed by atoms with Gasteiger partial charge in [0.1, 0.15) is 10.7 Å². The van der Waals surface area contributed by atoms with E-state index in [1.54, 1.807) is 29.3 Å². The number of hydrogen-bond donors (Lipinski definition) is 1. The van der Waals surface area contributed by atoms with Crippen LogP contribution in [-0.4, -0.2) is 46.3 Å². The Morgan fingerprint density at radius 2 is 2.36 bits per heavy atom. The van der Waals surface area contributed by atoms with Gasteiger partial charge in [-0.25, -0.2) is 4.98 Å². The predicted octanol–water partition coefficient (Wildman–Crippen LogP) is 0.621. The van der Waals surface area contributed by atoms with Gasteiger partial charge in [-0.1, -0.05) is 0 Å². The lowest BCUT2D eigenvalue weighted by Crippen LogP contribution is -2.25. The molecule has 1 aliphatic rings. The molecule has 0 saturated carbocycles. The van der Waals surface area contributed by atoms with E-state index in [1.165, 1.54) is 10.6 Å². The van der Waals surface area contributed by atoms with Crippen molar-refractivity contribution in [2.75, 3.05) is 20.7 Å². The first-order valence-corrected chi connectivity index (χ1v) is 7.89. The fourth-order valence-electron chi connectivity index (χ4n) is 2.57. The van der Waals surface area contributed by atoms with Crippen molar-refractivity contribution in [1.29, 1.82) is 0 Å². The zero-order valence-electron chi connectivity index (χ0n) is 12.7. The average molecular weight is 321 g/mol. The Morgan fingerprint density at radius 1 is 1.55 bits per heavy atom. The summed E-state index contributed by atoms with van der Waals surface area (Å²) in [5.74, 6) is -0.488. The van der Waals surface area contributed by atoms with Gasteiger partial charge in [-0.3, -0.25) is 9.48 Å². The van der Waals surface area contributed by atoms with E-state index in [1.807, 2.05) is 0 Å². The maximum atomic E-state index is 11.5. The number of rotatable bonds is 5. The lowest BCUT2D eigenvalue weighted by molar-refractivity contribution is 0.0995. The Kier molecular flexibility index (Phi) is 4.23. The van der Waals surface area contributed by atoms with E-state index >= 15 is 0 Å². The average Bonchev–Trinajstić information content (AvgIpc) is 3.02. The largest absolute Gasteiger partial charge is 0.378 e. The van der Waals surface area contributed by atoms with Gasteiger partial charge in [0, 0.05) is 37.7 Å². The van der Waals surface area contributed by atoms with Gasteiger partial charge < -0.3 is 15.4 Å². The number of nitrogens with two attached hydrogens (primary N) is 1. The van der Waals surface area contributed by atoms with Crippen LogP contribution < -0.4 is 5.73 Å². The molecule has 0 fully saturated rings. The van der Waals surface area contributed by atoms with Crippen molar-refractivity contribution in [1.82, 2.24) is 19.7 Å². The van der Waals surface area contributed by atoms with Crippen LogP contribution in [0.15, 0.2) is 6.20 Å². The third-order valence-corrected chi connectivity index (χ3v) is 4.72. The normalized spacial score (nSPS) is 15.0. The first kappa shape index (κ1) is 15.1. The highest BCUT2D eigenvalue weighted by atomic mass is 32.1. The van der Waals surface area contributed by atoms with Crippen LogP contribution in [0.4, 0.5) is 0 Å². The summed E-state index contributed by atoms with van der Waals surface area (Å²) in [6.45, 7) is 2.81. The lowest BCUT2D eigenvalue weighted by atomic mass is 10.2. The zero-order valence-corrected chi connectivity index (χ0v) is 13.5. The van der Waals surface area contributed by atoms with Crippen molar-refractivity contribution < 1.29 is 9.53 Å². The Bertz CT molecular complexity index is 693. The molecule has 1 amide bonds. The van der Waals surface area contributed by atoms with Gasteiger partial charge >= 0.3 is 0 Å². The third-order valence-electron chi connectivity index (χ3n) is 3.65. The molecule has 1 aliphatic heterocycles. The number of primary amides is 1. The summed E-state index contributed by atoms with van der Waals surface area (Å²) >= 11 is 1.71. The Hall–Kier alpha value is -1.77. The van der Waals surface area contributed by atoms with Gasteiger partial charge in [0.05, 0.1) is 24.4 Å². The van der Waals surface area contributed by atoms with Crippen LogP contribution in [0.25, 0.3) is 0 Å². The summed E-state index contributed by atoms with van der Waals surface area (Å²) in [4.78, 5) is 19.8. The first-order valence-electron chi connectivity index (χ1n) is 7.08. The molecule has 2 aromatic heterocycles. The molecule has 2 N–H and O–H groups in total. The van der Waals surface area contributed by atoms with Crippen LogP contribution in [0.2, 0.25) is 0 Å². The van der Waals surface area contributed by atoms with Crippen molar-refractivity contribution in [2.45, 2.75) is 26.1 Å². The molecule has 7 nitrogen and oxygen atoms in total. The van der Waals surface area contributed by atoms with Crippen LogP contribution in [0.5, 0.6) is 0 Å². The minimum Gasteiger partial charge on any atom is -0.378 e. The minimum absolute atomic E-state index is 0.268. The molecule has 0 saturated heterocycles. The smallest absolute Gasteiger partial charge is 0.252 e. The number of carbonyl (C=O) groups excluding carboxylic acids is 1. The van der Waals surface area contributed by atoms with E-state index < -0.39 is 5.91 Å². The monoisotopic (exact) mass is 321 g/mol. The topological polar surface area (TPSA) is 86.3 Å². The number of thiazole rings is 1. The van der Waals surface area contributed by atoms with Gasteiger partial charge in [0.15, 0.2) is 0 Å². The molecule has 0 atom stereocenters. The van der Waals surface area contributed by atoms with Crippen LogP contribution in [0.3, 0.4) is 0 Å². The van der Waals surface area contributed by atoms with Gasteiger partial charge in [-0.2, -0.15) is 5.10 Å². The van der Waals surface area contributed by atoms with Gasteiger partial charge in [-0.15, -0.1) is 11.3 Å². The zero-order chi connectivity index (χ0) is 15.7. The number of carbonyl (C=O) groups is 1. The predicted molar refractivity (Wildman–Crippen MR) is 82.7 cm³/mol. The van der Waals surface area contributed by atoms with E-state index in [-0.39, 0.29) is 6.61 Å². The summed E-state index contributed by atoms with van der Waals surface area (Å²) in [5.41, 5.74) is 7.54. The molecule has 0 unspecified atom stereocenters. The molecule has 2 aromatic rings. The summed E-state index contributed by atoms with van der Waals surface area (Å²) < 4.78 is 6.77. The van der Waals surface area contributed by atoms with Gasteiger partial charge in [-0.05, 0) is 7.05 Å². The quantitative estimate of drug-likeness (QED) is 0.872. The second kappa shape index (κ2) is 6.15. The Labute approximate surface area is 132 Å². The van der Waals surface area contributed by atoms with Crippen molar-refractivity contribution in [3.63, 3.8) is 0 Å². The lowest BCUT2D eigenvalue weighted by Gasteiger charge is -2.20. The Morgan fingerprint density at radius 3 is 3.09 bits per heavy atom. The summed E-state index contributed by atoms with van der Waals surface area (Å²) in [6, 6.07) is 0. The van der Waals surface area contributed by atoms with E-state index in [0.29, 0.717) is 17.8 Å². The van der Waals surface area contributed by atoms with Crippen LogP contribution in [-0.2, 0) is 30.9 Å². The maximum Gasteiger partial charge on any atom is 0.252 e. The first-order chi connectivity index (χ1) is 10.6. The fourth-order valence-corrected chi connectivity index (χ4v) is 3.76. The van der Waals surface area contributed by atoms with Gasteiger partial charge in [0.2, 0.25) is 0 Å². The molecular formula is C14H19N5O2S. The number of ether oxygens (including phenoxy) is 1. The van der Waals surface area contributed by atoms with Crippen molar-refractivity contribution >= 4 is 17.2 Å². The SMILES string of the molecule is COCc1nn(Cc2nc3c(s2)CN(C)CC3)cc1C(N)=O. The molecule has 0 aromatic carbocycles. The van der Waals surface area contributed by atoms with Crippen molar-refractivity contribution in [2.24, 2.45) is 5.73 Å². The number of hydrogen-bond acceptors (Lipinski definition) is 6. The highest BCUT2D eigenvalue weighted by Crippen LogP contribution is 2.25. The number of aromatic nitrogens is 3. The molecule has 0 spiro atoms. The standard InChI is InChI=1S/C14H19N5O2S/c1-18-4-3-10-12(6-18)22-13(16-10)7-19-5-9(14(15)20)11(17-19)8-21-2/h5H,3-4,6-8H2,1-2H3,(H2,15,20). The molecular weight excluding hydrogens is 302 g/mol. The summed E-state index contributed by atoms with van der Waals surface area (Å²) in [5, 5.41) is 5.39. The fraction of sp³-hybridized carbons (Fsp3) is 0.500. The maximum absolute atomic E-state index is 11.5. The third kappa shape index (κ3) is 3.03. The highest BCUT2D eigenvalue weighted by molar-refractivity contribution is 7.11. The Balaban J connectivity index is 1.81. The number of fused-ring (bicyclic) bond motifs is 1. The van der Waals surface area contributed by atoms with Crippen molar-refractivity contribution in [3.8, 4) is 0 Å². The number of likely N-dealkylation sites (N-methyl/N-ethyl adjacent to an activating group) is 1. The molecule has 0 aliphatic carbocycles. The van der Waals surface area contributed by atoms with E-state index in [9.17, 15) is 4.79 Å². The summed E-state index contributed by atoms with van der Waals surface area (Å²) in [7, 11) is 3.68. The molecule has 3 heterocycles. The van der Waals surface area contributed by atoms with E-state index in [0.717, 1.165) is 24.5 Å². The second-order valence-corrected chi connectivity index (χ2v) is 6.62. The molecule has 3 rings (SSSR count). The van der Waals surface area contributed by atoms with Crippen LogP contribution >= 0.6 is 11.3 Å². The molecule has 8 heteroatoms. The number of nitrogens with zero attached hydrogens (tertiary/aromatic N) is 4. The highest BCUT2D eigenvalue weighted by Gasteiger charge is 2.19. The van der Waals surface area contributed by atoms with Gasteiger partial charge in [0.25, 0.3) is 5.91 Å². The molecule has 118 valence electrons. The van der Waals surface area contributed by atoms with Crippen LogP contribution in [0, 0.1) is 0 Å². The minimum atomic E-state index is -0.488. The summed E-state index contributed by atoms with van der Waals surface area (Å²) in [6.07, 6.45) is 2.66. The van der Waals surface area contributed by atoms with E-state index in [2.05, 4.69) is 17.0 Å². The number of amides is 1. The molecule has 0 radical (unpaired) electrons. The molecule has 22 heavy (non-hydrogen) atoms. The van der Waals surface area contributed by atoms with E-state index in [4.69, 9.17) is 15.5 Å². The second-order valence-electron chi connectivity index (χ2n) is 5.45. The number of methoxy groups -OCH3 is 1.